The van der Waals surface area contributed by atoms with E-state index in [2.05, 4.69) is 15.2 Å². The van der Waals surface area contributed by atoms with Gasteiger partial charge in [-0.15, -0.1) is 0 Å². The number of nitrogens with one attached hydrogen (secondary N) is 1. The quantitative estimate of drug-likeness (QED) is 0.932. The maximum absolute atomic E-state index is 13.5. The van der Waals surface area contributed by atoms with Gasteiger partial charge in [0.15, 0.2) is 0 Å². The molecular weight excluding hydrogens is 315 g/mol. The molecule has 1 unspecified atom stereocenters. The zero-order valence-corrected chi connectivity index (χ0v) is 13.5. The summed E-state index contributed by atoms with van der Waals surface area (Å²) in [6.07, 6.45) is -2.67. The van der Waals surface area contributed by atoms with E-state index in [-0.39, 0.29) is 5.56 Å². The van der Waals surface area contributed by atoms with Gasteiger partial charge in [0.25, 0.3) is 0 Å². The van der Waals surface area contributed by atoms with Gasteiger partial charge in [-0.25, -0.2) is 0 Å². The van der Waals surface area contributed by atoms with Gasteiger partial charge in [0.05, 0.1) is 17.3 Å². The number of aromatic nitrogens is 1. The average Bonchev–Trinajstić information content (AvgIpc) is 2.57. The van der Waals surface area contributed by atoms with Crippen LogP contribution in [0.5, 0.6) is 0 Å². The average molecular weight is 335 g/mol. The molecule has 0 amide bonds. The first-order chi connectivity index (χ1) is 11.5. The number of hydrogen-bond donors (Lipinski definition) is 1. The van der Waals surface area contributed by atoms with Crippen molar-refractivity contribution in [2.75, 3.05) is 26.2 Å². The minimum atomic E-state index is -4.38. The molecule has 6 heteroatoms. The normalized spacial score (nSPS) is 17.7. The molecule has 3 nitrogen and oxygen atoms in total. The fourth-order valence-electron chi connectivity index (χ4n) is 3.12. The van der Waals surface area contributed by atoms with Gasteiger partial charge < -0.3 is 5.32 Å². The second-order valence-electron chi connectivity index (χ2n) is 6.03. The van der Waals surface area contributed by atoms with Gasteiger partial charge in [0, 0.05) is 32.4 Å². The first kappa shape index (κ1) is 16.9. The number of hydrogen-bond acceptors (Lipinski definition) is 3. The van der Waals surface area contributed by atoms with Crippen molar-refractivity contribution in [2.24, 2.45) is 0 Å². The summed E-state index contributed by atoms with van der Waals surface area (Å²) < 4.78 is 40.5. The Morgan fingerprint density at radius 1 is 1.08 bits per heavy atom. The van der Waals surface area contributed by atoms with Crippen molar-refractivity contribution in [3.05, 3.63) is 65.0 Å². The van der Waals surface area contributed by atoms with Crippen LogP contribution in [-0.2, 0) is 6.18 Å². The van der Waals surface area contributed by atoms with Crippen molar-refractivity contribution in [1.82, 2.24) is 15.2 Å². The van der Waals surface area contributed by atoms with Gasteiger partial charge in [-0.3, -0.25) is 9.88 Å². The van der Waals surface area contributed by atoms with Crippen molar-refractivity contribution in [2.45, 2.75) is 19.1 Å². The van der Waals surface area contributed by atoms with Gasteiger partial charge in [-0.05, 0) is 30.2 Å². The molecule has 1 aliphatic rings. The first-order valence-electron chi connectivity index (χ1n) is 8.00. The third-order valence-corrected chi connectivity index (χ3v) is 4.29. The number of alkyl halides is 3. The van der Waals surface area contributed by atoms with Crippen molar-refractivity contribution < 1.29 is 13.2 Å². The molecule has 0 radical (unpaired) electrons. The maximum atomic E-state index is 13.5. The van der Waals surface area contributed by atoms with Gasteiger partial charge >= 0.3 is 6.18 Å². The van der Waals surface area contributed by atoms with Gasteiger partial charge in [-0.1, -0.05) is 24.3 Å². The molecule has 2 heterocycles. The Morgan fingerprint density at radius 2 is 1.79 bits per heavy atom. The second kappa shape index (κ2) is 6.91. The zero-order valence-electron chi connectivity index (χ0n) is 13.5. The van der Waals surface area contributed by atoms with Gasteiger partial charge in [0.2, 0.25) is 0 Å². The van der Waals surface area contributed by atoms with Crippen molar-refractivity contribution in [1.29, 1.82) is 0 Å². The van der Waals surface area contributed by atoms with Crippen LogP contribution >= 0.6 is 0 Å². The van der Waals surface area contributed by atoms with E-state index < -0.39 is 17.8 Å². The summed E-state index contributed by atoms with van der Waals surface area (Å²) in [4.78, 5) is 6.49. The molecule has 0 aliphatic carbocycles. The molecule has 1 aliphatic heterocycles. The van der Waals surface area contributed by atoms with E-state index in [1.54, 1.807) is 18.3 Å². The molecule has 3 rings (SSSR count). The minimum Gasteiger partial charge on any atom is -0.314 e. The maximum Gasteiger partial charge on any atom is 0.416 e. The molecule has 24 heavy (non-hydrogen) atoms. The topological polar surface area (TPSA) is 28.2 Å². The number of halogens is 3. The van der Waals surface area contributed by atoms with E-state index in [1.807, 2.05) is 19.1 Å². The van der Waals surface area contributed by atoms with Crippen LogP contribution < -0.4 is 5.32 Å². The number of benzene rings is 1. The van der Waals surface area contributed by atoms with E-state index in [4.69, 9.17) is 0 Å². The Kier molecular flexibility index (Phi) is 4.87. The summed E-state index contributed by atoms with van der Waals surface area (Å²) in [5.41, 5.74) is 1.32. The third-order valence-electron chi connectivity index (χ3n) is 4.29. The number of pyridine rings is 1. The highest BCUT2D eigenvalue weighted by molar-refractivity contribution is 5.37. The van der Waals surface area contributed by atoms with Crippen molar-refractivity contribution in [3.8, 4) is 0 Å². The lowest BCUT2D eigenvalue weighted by Gasteiger charge is -2.36. The lowest BCUT2D eigenvalue weighted by atomic mass is 9.95. The lowest BCUT2D eigenvalue weighted by Crippen LogP contribution is -2.46. The minimum absolute atomic E-state index is 0.267. The fraction of sp³-hybridized carbons (Fsp3) is 0.389. The third kappa shape index (κ3) is 3.60. The highest BCUT2D eigenvalue weighted by atomic mass is 19.4. The number of rotatable bonds is 3. The number of piperazine rings is 1. The van der Waals surface area contributed by atoms with E-state index >= 15 is 0 Å². The molecule has 1 saturated heterocycles. The zero-order chi connectivity index (χ0) is 17.2. The molecule has 1 fully saturated rings. The summed E-state index contributed by atoms with van der Waals surface area (Å²) in [6.45, 7) is 4.81. The lowest BCUT2D eigenvalue weighted by molar-refractivity contribution is -0.138. The molecule has 1 N–H and O–H groups in total. The van der Waals surface area contributed by atoms with E-state index in [9.17, 15) is 13.2 Å². The molecule has 1 aromatic heterocycles. The highest BCUT2D eigenvalue weighted by Gasteiger charge is 2.37. The molecule has 2 aromatic rings. The standard InChI is InChI=1S/C18H20F3N3/c1-13-6-7-16(23-12-13)17(24-10-8-22-9-11-24)14-4-2-3-5-15(14)18(19,20)21/h2-7,12,17,22H,8-11H2,1H3. The van der Waals surface area contributed by atoms with E-state index in [0.717, 1.165) is 24.7 Å². The van der Waals surface area contributed by atoms with Crippen LogP contribution in [0.15, 0.2) is 42.6 Å². The molecule has 0 spiro atoms. The summed E-state index contributed by atoms with van der Waals surface area (Å²) in [5.74, 6) is 0. The summed E-state index contributed by atoms with van der Waals surface area (Å²) in [6, 6.07) is 9.04. The van der Waals surface area contributed by atoms with Crippen LogP contribution in [0.2, 0.25) is 0 Å². The van der Waals surface area contributed by atoms with Crippen LogP contribution in [0.3, 0.4) is 0 Å². The summed E-state index contributed by atoms with van der Waals surface area (Å²) in [5, 5.41) is 3.24. The molecule has 1 aromatic carbocycles. The molecular formula is C18H20F3N3. The molecule has 0 saturated carbocycles. The SMILES string of the molecule is Cc1ccc(C(c2ccccc2C(F)(F)F)N2CCNCC2)nc1. The van der Waals surface area contributed by atoms with Crippen LogP contribution in [0.4, 0.5) is 13.2 Å². The van der Waals surface area contributed by atoms with Crippen LogP contribution in [0, 0.1) is 6.92 Å². The Hall–Kier alpha value is -1.92. The second-order valence-corrected chi connectivity index (χ2v) is 6.03. The van der Waals surface area contributed by atoms with Crippen molar-refractivity contribution in [3.63, 3.8) is 0 Å². The van der Waals surface area contributed by atoms with Crippen LogP contribution in [0.1, 0.15) is 28.4 Å². The predicted octanol–water partition coefficient (Wildman–Crippen LogP) is 3.40. The first-order valence-corrected chi connectivity index (χ1v) is 8.00. The van der Waals surface area contributed by atoms with Crippen LogP contribution in [-0.4, -0.2) is 36.1 Å². The van der Waals surface area contributed by atoms with Crippen molar-refractivity contribution >= 4 is 0 Å². The summed E-state index contributed by atoms with van der Waals surface area (Å²) >= 11 is 0. The molecule has 128 valence electrons. The van der Waals surface area contributed by atoms with E-state index in [0.29, 0.717) is 18.8 Å². The monoisotopic (exact) mass is 335 g/mol. The fourth-order valence-corrected chi connectivity index (χ4v) is 3.12. The Bertz CT molecular complexity index is 677. The van der Waals surface area contributed by atoms with Gasteiger partial charge in [-0.2, -0.15) is 13.2 Å². The van der Waals surface area contributed by atoms with E-state index in [1.165, 1.54) is 6.07 Å². The Morgan fingerprint density at radius 3 is 2.42 bits per heavy atom. The number of nitrogens with zero attached hydrogens (tertiary/aromatic N) is 2. The Labute approximate surface area is 139 Å². The molecule has 1 atom stereocenters. The van der Waals surface area contributed by atoms with Gasteiger partial charge in [0.1, 0.15) is 0 Å². The number of aryl methyl sites for hydroxylation is 1. The summed E-state index contributed by atoms with van der Waals surface area (Å²) in [7, 11) is 0. The largest absolute Gasteiger partial charge is 0.416 e. The smallest absolute Gasteiger partial charge is 0.314 e. The Balaban J connectivity index is 2.09. The predicted molar refractivity (Wildman–Crippen MR) is 86.7 cm³/mol. The molecule has 0 bridgehead atoms. The highest BCUT2D eigenvalue weighted by Crippen LogP contribution is 2.38. The van der Waals surface area contributed by atoms with Crippen LogP contribution in [0.25, 0.3) is 0 Å².